The number of hydrogen-bond acceptors (Lipinski definition) is 3. The van der Waals surface area contributed by atoms with E-state index in [0.29, 0.717) is 0 Å². The molecular weight excluding hydrogens is 144 g/mol. The van der Waals surface area contributed by atoms with Gasteiger partial charge in [0.25, 0.3) is 0 Å². The van der Waals surface area contributed by atoms with Gasteiger partial charge in [-0.25, -0.2) is 9.36 Å². The van der Waals surface area contributed by atoms with E-state index in [4.69, 9.17) is 5.26 Å². The summed E-state index contributed by atoms with van der Waals surface area (Å²) >= 11 is 0. The van der Waals surface area contributed by atoms with E-state index in [2.05, 4.69) is 4.74 Å². The van der Waals surface area contributed by atoms with Gasteiger partial charge in [-0.15, -0.1) is 0 Å². The Hall–Kier alpha value is -1.76. The maximum atomic E-state index is 10.9. The minimum Gasteiger partial charge on any atom is -0.464 e. The SMILES string of the molecule is COC(=O)c1cccn1C#N. The Balaban J connectivity index is 3.05. The van der Waals surface area contributed by atoms with E-state index in [1.54, 1.807) is 12.3 Å². The molecule has 0 unspecified atom stereocenters. The first kappa shape index (κ1) is 7.35. The molecule has 0 bridgehead atoms. The van der Waals surface area contributed by atoms with Crippen molar-refractivity contribution in [2.24, 2.45) is 0 Å². The fraction of sp³-hybridized carbons (Fsp3) is 0.143. The molecular formula is C7H6N2O2. The van der Waals surface area contributed by atoms with Gasteiger partial charge in [0.05, 0.1) is 7.11 Å². The summed E-state index contributed by atoms with van der Waals surface area (Å²) in [4.78, 5) is 10.9. The minimum atomic E-state index is -0.503. The topological polar surface area (TPSA) is 55.0 Å². The first-order valence-corrected chi connectivity index (χ1v) is 2.95. The van der Waals surface area contributed by atoms with Crippen molar-refractivity contribution in [1.82, 2.24) is 4.57 Å². The molecule has 0 N–H and O–H groups in total. The monoisotopic (exact) mass is 150 g/mol. The van der Waals surface area contributed by atoms with Crippen LogP contribution >= 0.6 is 0 Å². The van der Waals surface area contributed by atoms with Crippen LogP contribution in [0.15, 0.2) is 18.3 Å². The van der Waals surface area contributed by atoms with Crippen LogP contribution < -0.4 is 0 Å². The summed E-state index contributed by atoms with van der Waals surface area (Å²) < 4.78 is 5.57. The molecule has 1 aromatic rings. The Morgan fingerprint density at radius 2 is 2.55 bits per heavy atom. The zero-order valence-electron chi connectivity index (χ0n) is 5.94. The smallest absolute Gasteiger partial charge is 0.355 e. The molecule has 1 aromatic heterocycles. The van der Waals surface area contributed by atoms with E-state index in [0.717, 1.165) is 4.57 Å². The highest BCUT2D eigenvalue weighted by Crippen LogP contribution is 2.01. The lowest BCUT2D eigenvalue weighted by Gasteiger charge is -1.96. The van der Waals surface area contributed by atoms with Crippen LogP contribution in [0.25, 0.3) is 0 Å². The predicted octanol–water partition coefficient (Wildman–Crippen LogP) is 0.604. The van der Waals surface area contributed by atoms with E-state index in [1.165, 1.54) is 19.4 Å². The number of nitrogens with zero attached hydrogens (tertiary/aromatic N) is 2. The summed E-state index contributed by atoms with van der Waals surface area (Å²) in [6.45, 7) is 0. The lowest BCUT2D eigenvalue weighted by Crippen LogP contribution is -2.06. The highest BCUT2D eigenvalue weighted by molar-refractivity contribution is 5.87. The summed E-state index contributed by atoms with van der Waals surface area (Å²) in [6, 6.07) is 3.13. The lowest BCUT2D eigenvalue weighted by atomic mass is 10.4. The Kier molecular flexibility index (Phi) is 1.93. The van der Waals surface area contributed by atoms with Gasteiger partial charge < -0.3 is 4.74 Å². The van der Waals surface area contributed by atoms with E-state index >= 15 is 0 Å². The van der Waals surface area contributed by atoms with Gasteiger partial charge in [0.15, 0.2) is 6.19 Å². The molecule has 0 atom stereocenters. The molecule has 11 heavy (non-hydrogen) atoms. The largest absolute Gasteiger partial charge is 0.464 e. The Labute approximate surface area is 63.6 Å². The zero-order chi connectivity index (χ0) is 8.27. The van der Waals surface area contributed by atoms with Crippen LogP contribution in [-0.4, -0.2) is 17.6 Å². The number of hydrogen-bond donors (Lipinski definition) is 0. The standard InChI is InChI=1S/C7H6N2O2/c1-11-7(10)6-3-2-4-9(6)5-8/h2-4H,1H3. The highest BCUT2D eigenvalue weighted by Gasteiger charge is 2.09. The number of nitriles is 1. The molecule has 0 aliphatic rings. The molecule has 56 valence electrons. The molecule has 4 nitrogen and oxygen atoms in total. The first-order chi connectivity index (χ1) is 5.29. The minimum absolute atomic E-state index is 0.245. The van der Waals surface area contributed by atoms with Gasteiger partial charge in [0.2, 0.25) is 0 Å². The second-order valence-electron chi connectivity index (χ2n) is 1.86. The van der Waals surface area contributed by atoms with Crippen molar-refractivity contribution >= 4 is 5.97 Å². The molecule has 1 rings (SSSR count). The van der Waals surface area contributed by atoms with Crippen LogP contribution in [0.5, 0.6) is 0 Å². The summed E-state index contributed by atoms with van der Waals surface area (Å²) in [5.41, 5.74) is 0.245. The predicted molar refractivity (Wildman–Crippen MR) is 36.8 cm³/mol. The molecule has 0 aliphatic heterocycles. The van der Waals surface area contributed by atoms with Crippen molar-refractivity contribution in [3.05, 3.63) is 24.0 Å². The quantitative estimate of drug-likeness (QED) is 0.551. The van der Waals surface area contributed by atoms with Crippen molar-refractivity contribution in [3.63, 3.8) is 0 Å². The van der Waals surface area contributed by atoms with Gasteiger partial charge in [-0.2, -0.15) is 5.26 Å². The average Bonchev–Trinajstić information content (AvgIpc) is 2.50. The van der Waals surface area contributed by atoms with Gasteiger partial charge in [0, 0.05) is 6.20 Å². The highest BCUT2D eigenvalue weighted by atomic mass is 16.5. The van der Waals surface area contributed by atoms with Crippen LogP contribution in [-0.2, 0) is 4.74 Å². The summed E-state index contributed by atoms with van der Waals surface area (Å²) in [5, 5.41) is 8.46. The Bertz CT molecular complexity index is 308. The maximum absolute atomic E-state index is 10.9. The molecule has 0 saturated heterocycles. The third kappa shape index (κ3) is 1.22. The average molecular weight is 150 g/mol. The Morgan fingerprint density at radius 1 is 1.82 bits per heavy atom. The zero-order valence-corrected chi connectivity index (χ0v) is 5.94. The first-order valence-electron chi connectivity index (χ1n) is 2.95. The summed E-state index contributed by atoms with van der Waals surface area (Å²) in [7, 11) is 1.27. The van der Waals surface area contributed by atoms with Crippen LogP contribution in [0.1, 0.15) is 10.5 Å². The van der Waals surface area contributed by atoms with Crippen LogP contribution in [0, 0.1) is 11.5 Å². The van der Waals surface area contributed by atoms with Crippen molar-refractivity contribution < 1.29 is 9.53 Å². The number of rotatable bonds is 1. The molecule has 0 aliphatic carbocycles. The van der Waals surface area contributed by atoms with Crippen molar-refractivity contribution in [3.8, 4) is 6.19 Å². The molecule has 0 spiro atoms. The van der Waals surface area contributed by atoms with Gasteiger partial charge in [-0.1, -0.05) is 0 Å². The van der Waals surface area contributed by atoms with Gasteiger partial charge in [0.1, 0.15) is 5.69 Å². The van der Waals surface area contributed by atoms with E-state index in [9.17, 15) is 4.79 Å². The molecule has 0 fully saturated rings. The molecule has 4 heteroatoms. The van der Waals surface area contributed by atoms with E-state index < -0.39 is 5.97 Å². The van der Waals surface area contributed by atoms with Crippen molar-refractivity contribution in [2.45, 2.75) is 0 Å². The van der Waals surface area contributed by atoms with Gasteiger partial charge >= 0.3 is 5.97 Å². The molecule has 0 aromatic carbocycles. The Morgan fingerprint density at radius 3 is 3.09 bits per heavy atom. The van der Waals surface area contributed by atoms with Crippen LogP contribution in [0.4, 0.5) is 0 Å². The second kappa shape index (κ2) is 2.88. The van der Waals surface area contributed by atoms with Crippen LogP contribution in [0.3, 0.4) is 0 Å². The molecule has 0 radical (unpaired) electrons. The van der Waals surface area contributed by atoms with Gasteiger partial charge in [-0.3, -0.25) is 0 Å². The number of esters is 1. The number of carbonyl (C=O) groups is 1. The van der Waals surface area contributed by atoms with E-state index in [-0.39, 0.29) is 5.69 Å². The molecule has 1 heterocycles. The molecule has 0 saturated carbocycles. The van der Waals surface area contributed by atoms with Crippen molar-refractivity contribution in [1.29, 1.82) is 5.26 Å². The van der Waals surface area contributed by atoms with Gasteiger partial charge in [-0.05, 0) is 12.1 Å². The summed E-state index contributed by atoms with van der Waals surface area (Å²) in [5.74, 6) is -0.503. The number of aromatic nitrogens is 1. The third-order valence-electron chi connectivity index (χ3n) is 1.25. The third-order valence-corrected chi connectivity index (χ3v) is 1.25. The van der Waals surface area contributed by atoms with Crippen LogP contribution in [0.2, 0.25) is 0 Å². The number of carbonyl (C=O) groups excluding carboxylic acids is 1. The summed E-state index contributed by atoms with van der Waals surface area (Å²) in [6.07, 6.45) is 3.30. The lowest BCUT2D eigenvalue weighted by molar-refractivity contribution is 0.0592. The molecule has 0 amide bonds. The van der Waals surface area contributed by atoms with E-state index in [1.807, 2.05) is 0 Å². The fourth-order valence-electron chi connectivity index (χ4n) is 0.739. The number of methoxy groups -OCH3 is 1. The maximum Gasteiger partial charge on any atom is 0.355 e. The van der Waals surface area contributed by atoms with Crippen molar-refractivity contribution in [2.75, 3.05) is 7.11 Å². The normalized spacial score (nSPS) is 8.73. The number of ether oxygens (including phenoxy) is 1. The fourth-order valence-corrected chi connectivity index (χ4v) is 0.739. The second-order valence-corrected chi connectivity index (χ2v) is 1.86.